The van der Waals surface area contributed by atoms with E-state index >= 15 is 0 Å². The van der Waals surface area contributed by atoms with Crippen LogP contribution in [0.3, 0.4) is 0 Å². The van der Waals surface area contributed by atoms with Crippen molar-refractivity contribution in [3.8, 4) is 22.3 Å². The summed E-state index contributed by atoms with van der Waals surface area (Å²) in [7, 11) is 0. The van der Waals surface area contributed by atoms with Crippen molar-refractivity contribution in [1.82, 2.24) is 0 Å². The molecular formula is C20H12O3. The predicted octanol–water partition coefficient (Wildman–Crippen LogP) is 4.33. The molecule has 0 saturated heterocycles. The Hall–Kier alpha value is -3.20. The van der Waals surface area contributed by atoms with Gasteiger partial charge in [0.1, 0.15) is 0 Å². The minimum atomic E-state index is -0.582. The van der Waals surface area contributed by atoms with E-state index in [-0.39, 0.29) is 0 Å². The number of carbonyl (C=O) groups is 2. The van der Waals surface area contributed by atoms with E-state index in [1.807, 2.05) is 66.7 Å². The summed E-state index contributed by atoms with van der Waals surface area (Å²) in [6.45, 7) is 0. The van der Waals surface area contributed by atoms with Crippen molar-refractivity contribution in [1.29, 1.82) is 0 Å². The Labute approximate surface area is 133 Å². The number of rotatable bonds is 2. The lowest BCUT2D eigenvalue weighted by atomic mass is 9.88. The van der Waals surface area contributed by atoms with E-state index in [2.05, 4.69) is 0 Å². The number of fused-ring (bicyclic) bond motifs is 1. The molecule has 1 heterocycles. The lowest BCUT2D eigenvalue weighted by Gasteiger charge is -2.13. The Morgan fingerprint density at radius 1 is 0.522 bits per heavy atom. The second-order valence-corrected chi connectivity index (χ2v) is 5.32. The summed E-state index contributed by atoms with van der Waals surface area (Å²) < 4.78 is 4.81. The highest BCUT2D eigenvalue weighted by molar-refractivity contribution is 6.19. The standard InChI is InChI=1S/C20H12O3/c21-19-16-12-11-15(13-7-3-1-4-8-13)17(18(16)20(22)23-19)14-9-5-2-6-10-14/h1-12H. The molecule has 3 heteroatoms. The summed E-state index contributed by atoms with van der Waals surface area (Å²) >= 11 is 0. The highest BCUT2D eigenvalue weighted by Crippen LogP contribution is 2.39. The number of benzene rings is 3. The molecule has 4 rings (SSSR count). The summed E-state index contributed by atoms with van der Waals surface area (Å²) in [5.41, 5.74) is 4.19. The van der Waals surface area contributed by atoms with Crippen LogP contribution in [0.1, 0.15) is 20.7 Å². The van der Waals surface area contributed by atoms with Crippen molar-refractivity contribution in [2.24, 2.45) is 0 Å². The normalized spacial score (nSPS) is 12.9. The van der Waals surface area contributed by atoms with Crippen LogP contribution < -0.4 is 0 Å². The van der Waals surface area contributed by atoms with Crippen LogP contribution in [-0.4, -0.2) is 11.9 Å². The van der Waals surface area contributed by atoms with Gasteiger partial charge < -0.3 is 4.74 Å². The monoisotopic (exact) mass is 300 g/mol. The number of cyclic esters (lactones) is 2. The van der Waals surface area contributed by atoms with Gasteiger partial charge in [0.05, 0.1) is 11.1 Å². The first-order chi connectivity index (χ1) is 11.3. The lowest BCUT2D eigenvalue weighted by molar-refractivity contribution is 0.0444. The molecule has 1 aliphatic rings. The quantitative estimate of drug-likeness (QED) is 0.522. The third kappa shape index (κ3) is 2.14. The molecule has 0 atom stereocenters. The highest BCUT2D eigenvalue weighted by Gasteiger charge is 2.34. The predicted molar refractivity (Wildman–Crippen MR) is 87.1 cm³/mol. The van der Waals surface area contributed by atoms with Crippen LogP contribution in [-0.2, 0) is 4.74 Å². The van der Waals surface area contributed by atoms with Crippen LogP contribution in [0.15, 0.2) is 72.8 Å². The van der Waals surface area contributed by atoms with Crippen molar-refractivity contribution >= 4 is 11.9 Å². The zero-order chi connectivity index (χ0) is 15.8. The summed E-state index contributed by atoms with van der Waals surface area (Å²) in [6.07, 6.45) is 0. The molecule has 3 aromatic rings. The second kappa shape index (κ2) is 5.21. The van der Waals surface area contributed by atoms with Gasteiger partial charge in [-0.1, -0.05) is 66.7 Å². The lowest BCUT2D eigenvalue weighted by Crippen LogP contribution is -1.99. The van der Waals surface area contributed by atoms with Crippen molar-refractivity contribution in [3.63, 3.8) is 0 Å². The Kier molecular flexibility index (Phi) is 3.05. The first-order valence-corrected chi connectivity index (χ1v) is 7.30. The zero-order valence-electron chi connectivity index (χ0n) is 12.2. The fraction of sp³-hybridized carbons (Fsp3) is 0. The average molecular weight is 300 g/mol. The van der Waals surface area contributed by atoms with E-state index in [1.165, 1.54) is 0 Å². The van der Waals surface area contributed by atoms with Gasteiger partial charge in [0.15, 0.2) is 0 Å². The van der Waals surface area contributed by atoms with Gasteiger partial charge in [-0.25, -0.2) is 9.59 Å². The highest BCUT2D eigenvalue weighted by atomic mass is 16.6. The molecule has 0 amide bonds. The molecular weight excluding hydrogens is 288 g/mol. The summed E-state index contributed by atoms with van der Waals surface area (Å²) in [4.78, 5) is 24.1. The van der Waals surface area contributed by atoms with Gasteiger partial charge in [-0.15, -0.1) is 0 Å². The summed E-state index contributed by atoms with van der Waals surface area (Å²) in [5.74, 6) is -1.16. The van der Waals surface area contributed by atoms with Crippen LogP contribution in [0.25, 0.3) is 22.3 Å². The maximum Gasteiger partial charge on any atom is 0.347 e. The number of esters is 2. The molecule has 0 aromatic heterocycles. The van der Waals surface area contributed by atoms with E-state index < -0.39 is 11.9 Å². The van der Waals surface area contributed by atoms with Gasteiger partial charge in [0, 0.05) is 5.56 Å². The molecule has 0 spiro atoms. The molecule has 0 radical (unpaired) electrons. The fourth-order valence-corrected chi connectivity index (χ4v) is 2.94. The van der Waals surface area contributed by atoms with Crippen molar-refractivity contribution < 1.29 is 14.3 Å². The van der Waals surface area contributed by atoms with Gasteiger partial charge in [0.2, 0.25) is 0 Å². The van der Waals surface area contributed by atoms with Crippen LogP contribution in [0.5, 0.6) is 0 Å². The average Bonchev–Trinajstić information content (AvgIpc) is 2.90. The van der Waals surface area contributed by atoms with Gasteiger partial charge in [-0.05, 0) is 22.8 Å². The van der Waals surface area contributed by atoms with Gasteiger partial charge in [-0.2, -0.15) is 0 Å². The molecule has 110 valence electrons. The number of carbonyl (C=O) groups excluding carboxylic acids is 2. The minimum Gasteiger partial charge on any atom is -0.386 e. The largest absolute Gasteiger partial charge is 0.386 e. The summed E-state index contributed by atoms with van der Waals surface area (Å²) in [5, 5.41) is 0. The molecule has 0 N–H and O–H groups in total. The van der Waals surface area contributed by atoms with Crippen LogP contribution in [0.4, 0.5) is 0 Å². The van der Waals surface area contributed by atoms with E-state index in [0.717, 1.165) is 22.3 Å². The minimum absolute atomic E-state index is 0.327. The third-order valence-electron chi connectivity index (χ3n) is 3.96. The maximum atomic E-state index is 12.2. The van der Waals surface area contributed by atoms with Gasteiger partial charge >= 0.3 is 11.9 Å². The molecule has 0 bridgehead atoms. The third-order valence-corrected chi connectivity index (χ3v) is 3.96. The maximum absolute atomic E-state index is 12.2. The Bertz CT molecular complexity index is 912. The van der Waals surface area contributed by atoms with E-state index in [4.69, 9.17) is 4.74 Å². The first-order valence-electron chi connectivity index (χ1n) is 7.30. The Morgan fingerprint density at radius 2 is 1.09 bits per heavy atom. The van der Waals surface area contributed by atoms with E-state index in [0.29, 0.717) is 11.1 Å². The zero-order valence-corrected chi connectivity index (χ0v) is 12.2. The summed E-state index contributed by atoms with van der Waals surface area (Å²) in [6, 6.07) is 22.9. The fourth-order valence-electron chi connectivity index (χ4n) is 2.94. The smallest absolute Gasteiger partial charge is 0.347 e. The number of hydrogen-bond acceptors (Lipinski definition) is 3. The molecule has 0 saturated carbocycles. The van der Waals surface area contributed by atoms with Crippen molar-refractivity contribution in [2.75, 3.05) is 0 Å². The van der Waals surface area contributed by atoms with Gasteiger partial charge in [-0.3, -0.25) is 0 Å². The second-order valence-electron chi connectivity index (χ2n) is 5.32. The molecule has 3 aromatic carbocycles. The molecule has 3 nitrogen and oxygen atoms in total. The van der Waals surface area contributed by atoms with Crippen molar-refractivity contribution in [2.45, 2.75) is 0 Å². The Balaban J connectivity index is 2.08. The van der Waals surface area contributed by atoms with E-state index in [1.54, 1.807) is 6.07 Å². The van der Waals surface area contributed by atoms with E-state index in [9.17, 15) is 9.59 Å². The SMILES string of the molecule is O=C1OC(=O)c2c1ccc(-c1ccccc1)c2-c1ccccc1. The molecule has 0 fully saturated rings. The molecule has 1 aliphatic heterocycles. The molecule has 0 unspecified atom stereocenters. The Morgan fingerprint density at radius 3 is 1.74 bits per heavy atom. The topological polar surface area (TPSA) is 43.4 Å². The van der Waals surface area contributed by atoms with Crippen LogP contribution in [0.2, 0.25) is 0 Å². The number of ether oxygens (including phenoxy) is 1. The van der Waals surface area contributed by atoms with Crippen molar-refractivity contribution in [3.05, 3.63) is 83.9 Å². The molecule has 23 heavy (non-hydrogen) atoms. The van der Waals surface area contributed by atoms with Crippen LogP contribution in [0, 0.1) is 0 Å². The van der Waals surface area contributed by atoms with Gasteiger partial charge in [0.25, 0.3) is 0 Å². The number of hydrogen-bond donors (Lipinski definition) is 0. The molecule has 0 aliphatic carbocycles. The first kappa shape index (κ1) is 13.5. The van der Waals surface area contributed by atoms with Crippen LogP contribution >= 0.6 is 0 Å².